The fraction of sp³-hybridized carbons (Fsp3) is 0.929. The van der Waals surface area contributed by atoms with Crippen molar-refractivity contribution in [2.45, 2.75) is 227 Å². The lowest BCUT2D eigenvalue weighted by atomic mass is 10.00. The van der Waals surface area contributed by atoms with Gasteiger partial charge >= 0.3 is 17.9 Å². The Bertz CT molecular complexity index is 736. The van der Waals surface area contributed by atoms with Crippen molar-refractivity contribution in [1.82, 2.24) is 0 Å². The van der Waals surface area contributed by atoms with E-state index in [0.717, 1.165) is 69.6 Å². The van der Waals surface area contributed by atoms with Gasteiger partial charge in [0.05, 0.1) is 0 Å². The van der Waals surface area contributed by atoms with Crippen molar-refractivity contribution in [2.24, 2.45) is 11.8 Å². The van der Waals surface area contributed by atoms with Crippen LogP contribution in [0.3, 0.4) is 0 Å². The standard InChI is InChI=1S/C42H80O6/c1-6-8-9-10-11-12-13-16-24-29-34-42(45)48-39(35-46-40(43)32-27-22-17-14-15-20-25-30-37(3)4)36-47-41(44)33-28-23-19-18-21-26-31-38(5)7-2/h37-39H,6-36H2,1-5H3/t38?,39-/m1/s1. The number of unbranched alkanes of at least 4 members (excludes halogenated alkanes) is 20. The van der Waals surface area contributed by atoms with Gasteiger partial charge in [-0.15, -0.1) is 0 Å². The molecule has 2 atom stereocenters. The topological polar surface area (TPSA) is 78.9 Å². The Morgan fingerprint density at radius 1 is 0.438 bits per heavy atom. The number of ether oxygens (including phenoxy) is 3. The van der Waals surface area contributed by atoms with Gasteiger partial charge in [-0.3, -0.25) is 14.4 Å². The molecule has 0 radical (unpaired) electrons. The SMILES string of the molecule is CCCCCCCCCCCCC(=O)O[C@H](COC(=O)CCCCCCCCCC(C)C)COC(=O)CCCCCCCCC(C)CC. The fourth-order valence-corrected chi connectivity index (χ4v) is 6.01. The second-order valence-corrected chi connectivity index (χ2v) is 15.0. The molecular formula is C42H80O6. The molecule has 0 aromatic heterocycles. The van der Waals surface area contributed by atoms with E-state index in [4.69, 9.17) is 14.2 Å². The van der Waals surface area contributed by atoms with Crippen LogP contribution in [0.1, 0.15) is 221 Å². The van der Waals surface area contributed by atoms with Crippen LogP contribution in [0.15, 0.2) is 0 Å². The molecule has 1 unspecified atom stereocenters. The molecule has 0 fully saturated rings. The van der Waals surface area contributed by atoms with Crippen molar-refractivity contribution in [3.63, 3.8) is 0 Å². The molecule has 48 heavy (non-hydrogen) atoms. The van der Waals surface area contributed by atoms with Crippen molar-refractivity contribution in [3.8, 4) is 0 Å². The van der Waals surface area contributed by atoms with Crippen LogP contribution in [0, 0.1) is 11.8 Å². The van der Waals surface area contributed by atoms with Crippen molar-refractivity contribution in [3.05, 3.63) is 0 Å². The van der Waals surface area contributed by atoms with E-state index in [-0.39, 0.29) is 31.1 Å². The first-order valence-electron chi connectivity index (χ1n) is 20.8. The highest BCUT2D eigenvalue weighted by Crippen LogP contribution is 2.16. The molecule has 0 rings (SSSR count). The average Bonchev–Trinajstić information content (AvgIpc) is 3.06. The lowest BCUT2D eigenvalue weighted by molar-refractivity contribution is -0.167. The average molecular weight is 681 g/mol. The van der Waals surface area contributed by atoms with Crippen LogP contribution in [0.25, 0.3) is 0 Å². The predicted molar refractivity (Wildman–Crippen MR) is 201 cm³/mol. The summed E-state index contributed by atoms with van der Waals surface area (Å²) in [6, 6.07) is 0. The molecular weight excluding hydrogens is 600 g/mol. The molecule has 0 heterocycles. The summed E-state index contributed by atoms with van der Waals surface area (Å²) in [5.74, 6) is 0.726. The minimum Gasteiger partial charge on any atom is -0.462 e. The molecule has 0 saturated heterocycles. The van der Waals surface area contributed by atoms with Gasteiger partial charge in [-0.05, 0) is 31.1 Å². The van der Waals surface area contributed by atoms with Crippen LogP contribution in [-0.2, 0) is 28.6 Å². The second-order valence-electron chi connectivity index (χ2n) is 15.0. The van der Waals surface area contributed by atoms with E-state index < -0.39 is 6.10 Å². The number of esters is 3. The molecule has 0 aromatic rings. The minimum absolute atomic E-state index is 0.0671. The molecule has 0 aliphatic carbocycles. The normalized spacial score (nSPS) is 12.6. The summed E-state index contributed by atoms with van der Waals surface area (Å²) < 4.78 is 16.6. The van der Waals surface area contributed by atoms with Crippen molar-refractivity contribution < 1.29 is 28.6 Å². The maximum atomic E-state index is 12.6. The Hall–Kier alpha value is -1.59. The van der Waals surface area contributed by atoms with Gasteiger partial charge in [0.1, 0.15) is 13.2 Å². The maximum absolute atomic E-state index is 12.6. The third-order valence-corrected chi connectivity index (χ3v) is 9.58. The number of rotatable bonds is 36. The third-order valence-electron chi connectivity index (χ3n) is 9.58. The lowest BCUT2D eigenvalue weighted by Gasteiger charge is -2.18. The summed E-state index contributed by atoms with van der Waals surface area (Å²) >= 11 is 0. The Morgan fingerprint density at radius 3 is 1.19 bits per heavy atom. The fourth-order valence-electron chi connectivity index (χ4n) is 6.01. The number of carbonyl (C=O) groups excluding carboxylic acids is 3. The van der Waals surface area contributed by atoms with E-state index in [0.29, 0.717) is 19.3 Å². The lowest BCUT2D eigenvalue weighted by Crippen LogP contribution is -2.30. The van der Waals surface area contributed by atoms with Crippen LogP contribution in [-0.4, -0.2) is 37.2 Å². The number of carbonyl (C=O) groups is 3. The van der Waals surface area contributed by atoms with E-state index in [9.17, 15) is 14.4 Å². The first-order valence-corrected chi connectivity index (χ1v) is 20.8. The molecule has 0 saturated carbocycles. The zero-order valence-corrected chi connectivity index (χ0v) is 32.6. The van der Waals surface area contributed by atoms with Crippen LogP contribution in [0.5, 0.6) is 0 Å². The van der Waals surface area contributed by atoms with Gasteiger partial charge in [0.15, 0.2) is 6.10 Å². The Morgan fingerprint density at radius 2 is 0.792 bits per heavy atom. The highest BCUT2D eigenvalue weighted by molar-refractivity contribution is 5.71. The highest BCUT2D eigenvalue weighted by atomic mass is 16.6. The Labute approximate surface area is 298 Å². The highest BCUT2D eigenvalue weighted by Gasteiger charge is 2.19. The smallest absolute Gasteiger partial charge is 0.306 e. The van der Waals surface area contributed by atoms with Crippen molar-refractivity contribution in [1.29, 1.82) is 0 Å². The molecule has 0 aromatic carbocycles. The van der Waals surface area contributed by atoms with Gasteiger partial charge in [0.2, 0.25) is 0 Å². The molecule has 0 aliphatic rings. The summed E-state index contributed by atoms with van der Waals surface area (Å²) in [5, 5.41) is 0. The maximum Gasteiger partial charge on any atom is 0.306 e. The quantitative estimate of drug-likeness (QED) is 0.0372. The molecule has 0 bridgehead atoms. The van der Waals surface area contributed by atoms with E-state index in [1.165, 1.54) is 109 Å². The van der Waals surface area contributed by atoms with Gasteiger partial charge < -0.3 is 14.2 Å². The molecule has 0 aliphatic heterocycles. The Kier molecular flexibility index (Phi) is 34.1. The molecule has 0 N–H and O–H groups in total. The number of hydrogen-bond acceptors (Lipinski definition) is 6. The van der Waals surface area contributed by atoms with E-state index >= 15 is 0 Å². The third kappa shape index (κ3) is 34.3. The van der Waals surface area contributed by atoms with Crippen LogP contribution >= 0.6 is 0 Å². The van der Waals surface area contributed by atoms with Gasteiger partial charge in [-0.2, -0.15) is 0 Å². The largest absolute Gasteiger partial charge is 0.462 e. The van der Waals surface area contributed by atoms with E-state index in [2.05, 4.69) is 34.6 Å². The van der Waals surface area contributed by atoms with Crippen molar-refractivity contribution in [2.75, 3.05) is 13.2 Å². The van der Waals surface area contributed by atoms with Gasteiger partial charge in [0, 0.05) is 19.3 Å². The van der Waals surface area contributed by atoms with E-state index in [1.807, 2.05) is 0 Å². The van der Waals surface area contributed by atoms with Crippen LogP contribution < -0.4 is 0 Å². The Balaban J connectivity index is 4.37. The summed E-state index contributed by atoms with van der Waals surface area (Å²) in [4.78, 5) is 37.5. The molecule has 0 spiro atoms. The summed E-state index contributed by atoms with van der Waals surface area (Å²) in [7, 11) is 0. The molecule has 6 heteroatoms. The second kappa shape index (κ2) is 35.2. The molecule has 284 valence electrons. The molecule has 0 amide bonds. The summed E-state index contributed by atoms with van der Waals surface area (Å²) in [6.07, 6.45) is 31.0. The zero-order valence-electron chi connectivity index (χ0n) is 32.6. The van der Waals surface area contributed by atoms with Gasteiger partial charge in [-0.1, -0.05) is 182 Å². The van der Waals surface area contributed by atoms with E-state index in [1.54, 1.807) is 0 Å². The summed E-state index contributed by atoms with van der Waals surface area (Å²) in [6.45, 7) is 11.2. The van der Waals surface area contributed by atoms with Crippen LogP contribution in [0.4, 0.5) is 0 Å². The molecule has 6 nitrogen and oxygen atoms in total. The minimum atomic E-state index is -0.759. The first kappa shape index (κ1) is 46.4. The number of hydrogen-bond donors (Lipinski definition) is 0. The van der Waals surface area contributed by atoms with Gasteiger partial charge in [0.25, 0.3) is 0 Å². The van der Waals surface area contributed by atoms with Crippen LogP contribution in [0.2, 0.25) is 0 Å². The van der Waals surface area contributed by atoms with Gasteiger partial charge in [-0.25, -0.2) is 0 Å². The van der Waals surface area contributed by atoms with Crippen molar-refractivity contribution >= 4 is 17.9 Å². The monoisotopic (exact) mass is 681 g/mol. The predicted octanol–water partition coefficient (Wildman–Crippen LogP) is 12.6. The zero-order chi connectivity index (χ0) is 35.5. The summed E-state index contributed by atoms with van der Waals surface area (Å²) in [5.41, 5.74) is 0. The first-order chi connectivity index (χ1) is 23.3.